The maximum Gasteiger partial charge on any atom is 0.221 e. The number of carbonyl (C=O) groups excluding carboxylic acids is 1. The van der Waals surface area contributed by atoms with Gasteiger partial charge in [-0.2, -0.15) is 0 Å². The molecule has 4 nitrogen and oxygen atoms in total. The van der Waals surface area contributed by atoms with E-state index >= 15 is 0 Å². The summed E-state index contributed by atoms with van der Waals surface area (Å²) in [6.07, 6.45) is 1.08. The predicted octanol–water partition coefficient (Wildman–Crippen LogP) is 1.88. The van der Waals surface area contributed by atoms with Crippen molar-refractivity contribution in [3.63, 3.8) is 0 Å². The highest BCUT2D eigenvalue weighted by Crippen LogP contribution is 2.23. The quantitative estimate of drug-likeness (QED) is 0.682. The van der Waals surface area contributed by atoms with Gasteiger partial charge in [-0.15, -0.1) is 0 Å². The third-order valence-electron chi connectivity index (χ3n) is 2.33. The first-order valence-electron chi connectivity index (χ1n) is 5.79. The van der Waals surface area contributed by atoms with Crippen LogP contribution in [0.3, 0.4) is 0 Å². The molecule has 0 saturated carbocycles. The number of benzene rings is 1. The molecule has 1 aromatic rings. The summed E-state index contributed by atoms with van der Waals surface area (Å²) >= 11 is 0. The Hall–Kier alpha value is -1.85. The van der Waals surface area contributed by atoms with Crippen molar-refractivity contribution in [1.29, 1.82) is 0 Å². The normalized spacial score (nSPS) is 10.2. The van der Waals surface area contributed by atoms with Crippen molar-refractivity contribution in [2.75, 3.05) is 24.1 Å². The summed E-state index contributed by atoms with van der Waals surface area (Å²) in [7, 11) is 0. The summed E-state index contributed by atoms with van der Waals surface area (Å²) in [5.41, 5.74) is 5.46. The van der Waals surface area contributed by atoms with Gasteiger partial charge in [0.25, 0.3) is 0 Å². The highest BCUT2D eigenvalue weighted by atomic mass is 19.1. The fourth-order valence-electron chi connectivity index (χ4n) is 1.39. The van der Waals surface area contributed by atoms with Crippen LogP contribution in [-0.2, 0) is 4.79 Å². The van der Waals surface area contributed by atoms with Crippen LogP contribution in [0.15, 0.2) is 12.1 Å². The molecule has 18 heavy (non-hydrogen) atoms. The molecule has 100 valence electrons. The van der Waals surface area contributed by atoms with E-state index in [9.17, 15) is 13.6 Å². The van der Waals surface area contributed by atoms with E-state index in [-0.39, 0.29) is 30.2 Å². The molecule has 0 aliphatic heterocycles. The number of hydrogen-bond donors (Lipinski definition) is 3. The molecule has 0 aliphatic rings. The number of rotatable bonds is 6. The second-order valence-electron chi connectivity index (χ2n) is 3.88. The summed E-state index contributed by atoms with van der Waals surface area (Å²) in [5, 5.41) is 5.43. The fraction of sp³-hybridized carbons (Fsp3) is 0.417. The lowest BCUT2D eigenvalue weighted by Gasteiger charge is -2.10. The molecular formula is C12H17F2N3O. The monoisotopic (exact) mass is 257 g/mol. The van der Waals surface area contributed by atoms with Crippen molar-refractivity contribution in [1.82, 2.24) is 5.32 Å². The molecule has 0 bridgehead atoms. The van der Waals surface area contributed by atoms with E-state index < -0.39 is 11.6 Å². The first-order valence-corrected chi connectivity index (χ1v) is 5.79. The van der Waals surface area contributed by atoms with E-state index in [0.29, 0.717) is 12.6 Å². The lowest BCUT2D eigenvalue weighted by molar-refractivity contribution is -0.120. The number of nitrogen functional groups attached to an aromatic ring is 1. The lowest BCUT2D eigenvalue weighted by Crippen LogP contribution is -2.26. The standard InChI is InChI=1S/C12H17F2N3O/c1-2-4-17-11(18)3-5-16-10-7-8(13)6-9(14)12(10)15/h6-7,16H,2-5,15H2,1H3,(H,17,18). The summed E-state index contributed by atoms with van der Waals surface area (Å²) in [6.45, 7) is 2.84. The average molecular weight is 257 g/mol. The van der Waals surface area contributed by atoms with Crippen molar-refractivity contribution in [2.24, 2.45) is 0 Å². The molecule has 6 heteroatoms. The number of halogens is 2. The van der Waals surface area contributed by atoms with Gasteiger partial charge >= 0.3 is 0 Å². The first kappa shape index (κ1) is 14.2. The first-order chi connectivity index (χ1) is 8.54. The van der Waals surface area contributed by atoms with Crippen LogP contribution in [0.5, 0.6) is 0 Å². The number of nitrogens with two attached hydrogens (primary N) is 1. The van der Waals surface area contributed by atoms with Crippen LogP contribution < -0.4 is 16.4 Å². The van der Waals surface area contributed by atoms with Crippen LogP contribution in [0, 0.1) is 11.6 Å². The van der Waals surface area contributed by atoms with Gasteiger partial charge in [0, 0.05) is 25.6 Å². The van der Waals surface area contributed by atoms with Gasteiger partial charge < -0.3 is 16.4 Å². The molecule has 1 rings (SSSR count). The number of anilines is 2. The third-order valence-corrected chi connectivity index (χ3v) is 2.33. The summed E-state index contributed by atoms with van der Waals surface area (Å²) < 4.78 is 26.1. The van der Waals surface area contributed by atoms with E-state index in [1.807, 2.05) is 6.92 Å². The number of amides is 1. The predicted molar refractivity (Wildman–Crippen MR) is 67.2 cm³/mol. The maximum absolute atomic E-state index is 13.1. The van der Waals surface area contributed by atoms with Crippen molar-refractivity contribution >= 4 is 17.3 Å². The zero-order chi connectivity index (χ0) is 13.5. The smallest absolute Gasteiger partial charge is 0.221 e. The Morgan fingerprint density at radius 1 is 1.33 bits per heavy atom. The van der Waals surface area contributed by atoms with E-state index in [1.165, 1.54) is 0 Å². The van der Waals surface area contributed by atoms with Crippen LogP contribution >= 0.6 is 0 Å². The number of hydrogen-bond acceptors (Lipinski definition) is 3. The van der Waals surface area contributed by atoms with Gasteiger partial charge in [-0.25, -0.2) is 8.78 Å². The topological polar surface area (TPSA) is 67.2 Å². The van der Waals surface area contributed by atoms with Crippen LogP contribution in [-0.4, -0.2) is 19.0 Å². The summed E-state index contributed by atoms with van der Waals surface area (Å²) in [6, 6.07) is 1.82. The van der Waals surface area contributed by atoms with Crippen LogP contribution in [0.2, 0.25) is 0 Å². The molecule has 0 radical (unpaired) electrons. The van der Waals surface area contributed by atoms with Gasteiger partial charge in [0.2, 0.25) is 5.91 Å². The highest BCUT2D eigenvalue weighted by Gasteiger charge is 2.08. The molecule has 0 spiro atoms. The Morgan fingerprint density at radius 3 is 2.72 bits per heavy atom. The van der Waals surface area contributed by atoms with Gasteiger partial charge in [-0.3, -0.25) is 4.79 Å². The molecule has 0 fully saturated rings. The van der Waals surface area contributed by atoms with E-state index in [1.54, 1.807) is 0 Å². The van der Waals surface area contributed by atoms with Crippen LogP contribution in [0.25, 0.3) is 0 Å². The maximum atomic E-state index is 13.1. The van der Waals surface area contributed by atoms with E-state index in [4.69, 9.17) is 5.73 Å². The van der Waals surface area contributed by atoms with Crippen molar-refractivity contribution < 1.29 is 13.6 Å². The second-order valence-corrected chi connectivity index (χ2v) is 3.88. The van der Waals surface area contributed by atoms with Crippen molar-refractivity contribution in [2.45, 2.75) is 19.8 Å². The SMILES string of the molecule is CCCNC(=O)CCNc1cc(F)cc(F)c1N. The molecule has 1 amide bonds. The molecule has 0 unspecified atom stereocenters. The molecule has 0 aromatic heterocycles. The number of carbonyl (C=O) groups is 1. The van der Waals surface area contributed by atoms with Gasteiger partial charge in [-0.1, -0.05) is 6.92 Å². The molecule has 4 N–H and O–H groups in total. The summed E-state index contributed by atoms with van der Waals surface area (Å²) in [4.78, 5) is 11.3. The molecule has 0 atom stereocenters. The Balaban J connectivity index is 2.46. The summed E-state index contributed by atoms with van der Waals surface area (Å²) in [5.74, 6) is -1.63. The molecular weight excluding hydrogens is 240 g/mol. The van der Waals surface area contributed by atoms with Gasteiger partial charge in [0.05, 0.1) is 11.4 Å². The second kappa shape index (κ2) is 6.78. The van der Waals surface area contributed by atoms with Crippen molar-refractivity contribution in [3.8, 4) is 0 Å². The van der Waals surface area contributed by atoms with Gasteiger partial charge in [0.15, 0.2) is 5.82 Å². The Kier molecular flexibility index (Phi) is 5.35. The van der Waals surface area contributed by atoms with Crippen LogP contribution in [0.4, 0.5) is 20.2 Å². The molecule has 0 aliphatic carbocycles. The Labute approximate surface area is 105 Å². The average Bonchev–Trinajstić information content (AvgIpc) is 2.32. The number of nitrogens with one attached hydrogen (secondary N) is 2. The van der Waals surface area contributed by atoms with Gasteiger partial charge in [-0.05, 0) is 12.5 Å². The third kappa shape index (κ3) is 4.20. The van der Waals surface area contributed by atoms with Crippen LogP contribution in [0.1, 0.15) is 19.8 Å². The molecule has 1 aromatic carbocycles. The zero-order valence-electron chi connectivity index (χ0n) is 10.2. The lowest BCUT2D eigenvalue weighted by atomic mass is 10.2. The van der Waals surface area contributed by atoms with Gasteiger partial charge in [0.1, 0.15) is 5.82 Å². The Bertz CT molecular complexity index is 424. The minimum Gasteiger partial charge on any atom is -0.395 e. The fourth-order valence-corrected chi connectivity index (χ4v) is 1.39. The van der Waals surface area contributed by atoms with Crippen molar-refractivity contribution in [3.05, 3.63) is 23.8 Å². The molecule has 0 saturated heterocycles. The minimum absolute atomic E-state index is 0.111. The Morgan fingerprint density at radius 2 is 2.06 bits per heavy atom. The molecule has 0 heterocycles. The zero-order valence-corrected chi connectivity index (χ0v) is 10.2. The largest absolute Gasteiger partial charge is 0.395 e. The van der Waals surface area contributed by atoms with E-state index in [0.717, 1.165) is 12.5 Å². The minimum atomic E-state index is -0.812. The highest BCUT2D eigenvalue weighted by molar-refractivity contribution is 5.76. The van der Waals surface area contributed by atoms with E-state index in [2.05, 4.69) is 10.6 Å².